The zero-order valence-electron chi connectivity index (χ0n) is 12.1. The maximum absolute atomic E-state index is 13.0. The molecule has 0 saturated heterocycles. The number of nitriles is 1. The quantitative estimate of drug-likeness (QED) is 0.452. The second-order valence-corrected chi connectivity index (χ2v) is 4.87. The number of nitrogens with one attached hydrogen (secondary N) is 1. The molecule has 0 saturated carbocycles. The Balaban J connectivity index is 2.47. The summed E-state index contributed by atoms with van der Waals surface area (Å²) in [6.45, 7) is 2.08. The molecule has 6 nitrogen and oxygen atoms in total. The van der Waals surface area contributed by atoms with Gasteiger partial charge in [-0.15, -0.1) is 0 Å². The largest absolute Gasteiger partial charge is 0.487 e. The molecule has 1 unspecified atom stereocenters. The van der Waals surface area contributed by atoms with E-state index in [1.165, 1.54) is 6.07 Å². The summed E-state index contributed by atoms with van der Waals surface area (Å²) in [4.78, 5) is 10.1. The molecule has 0 heterocycles. The van der Waals surface area contributed by atoms with Crippen molar-refractivity contribution in [1.29, 1.82) is 5.26 Å². The maximum atomic E-state index is 13.0. The van der Waals surface area contributed by atoms with Crippen LogP contribution in [0.1, 0.15) is 26.2 Å². The Morgan fingerprint density at radius 3 is 2.81 bits per heavy atom. The Kier molecular flexibility index (Phi) is 6.06. The zero-order chi connectivity index (χ0) is 15.9. The Morgan fingerprint density at radius 1 is 1.52 bits per heavy atom. The molecule has 0 bridgehead atoms. The van der Waals surface area contributed by atoms with Crippen LogP contribution in [0.15, 0.2) is 18.2 Å². The molecular weight excluding hydrogens is 277 g/mol. The average Bonchev–Trinajstić information content (AvgIpc) is 2.47. The van der Waals surface area contributed by atoms with Crippen molar-refractivity contribution in [2.45, 2.75) is 31.7 Å². The predicted octanol–water partition coefficient (Wildman–Crippen LogP) is 2.78. The molecule has 1 aromatic rings. The number of nitrogens with zero attached hydrogens (tertiary/aromatic N) is 2. The van der Waals surface area contributed by atoms with Crippen molar-refractivity contribution in [2.24, 2.45) is 0 Å². The van der Waals surface area contributed by atoms with Crippen LogP contribution >= 0.6 is 0 Å². The van der Waals surface area contributed by atoms with Crippen molar-refractivity contribution in [1.82, 2.24) is 5.32 Å². The van der Waals surface area contributed by atoms with Gasteiger partial charge in [-0.05, 0) is 45.4 Å². The van der Waals surface area contributed by atoms with Gasteiger partial charge in [0.25, 0.3) is 0 Å². The highest BCUT2D eigenvalue weighted by atomic mass is 19.1. The van der Waals surface area contributed by atoms with Crippen LogP contribution in [0.5, 0.6) is 5.75 Å². The lowest BCUT2D eigenvalue weighted by Crippen LogP contribution is -2.37. The molecule has 1 N–H and O–H groups in total. The third-order valence-corrected chi connectivity index (χ3v) is 3.24. The van der Waals surface area contributed by atoms with Crippen LogP contribution in [0.25, 0.3) is 0 Å². The van der Waals surface area contributed by atoms with Crippen LogP contribution in [0.2, 0.25) is 0 Å². The van der Waals surface area contributed by atoms with Gasteiger partial charge in [-0.3, -0.25) is 10.1 Å². The van der Waals surface area contributed by atoms with E-state index in [9.17, 15) is 14.5 Å². The minimum atomic E-state index is -0.674. The summed E-state index contributed by atoms with van der Waals surface area (Å²) in [5.74, 6) is -0.620. The van der Waals surface area contributed by atoms with Crippen LogP contribution in [0.3, 0.4) is 0 Å². The highest BCUT2D eigenvalue weighted by molar-refractivity contribution is 5.46. The van der Waals surface area contributed by atoms with Crippen molar-refractivity contribution in [3.8, 4) is 11.8 Å². The molecule has 0 radical (unpaired) electrons. The van der Waals surface area contributed by atoms with Crippen LogP contribution in [-0.4, -0.2) is 24.1 Å². The van der Waals surface area contributed by atoms with Crippen LogP contribution in [0.4, 0.5) is 10.1 Å². The van der Waals surface area contributed by atoms with E-state index >= 15 is 0 Å². The van der Waals surface area contributed by atoms with Gasteiger partial charge in [0.1, 0.15) is 11.4 Å². The summed E-state index contributed by atoms with van der Waals surface area (Å²) < 4.78 is 18.3. The summed E-state index contributed by atoms with van der Waals surface area (Å²) in [7, 11) is 1.72. The molecule has 0 spiro atoms. The van der Waals surface area contributed by atoms with Crippen molar-refractivity contribution in [2.75, 3.05) is 13.7 Å². The molecule has 0 aromatic heterocycles. The maximum Gasteiger partial charge on any atom is 0.313 e. The van der Waals surface area contributed by atoms with Gasteiger partial charge in [-0.1, -0.05) is 0 Å². The summed E-state index contributed by atoms with van der Waals surface area (Å²) >= 11 is 0. The molecule has 0 amide bonds. The zero-order valence-corrected chi connectivity index (χ0v) is 12.1. The monoisotopic (exact) mass is 295 g/mol. The molecule has 0 aliphatic heterocycles. The van der Waals surface area contributed by atoms with E-state index < -0.39 is 16.3 Å². The van der Waals surface area contributed by atoms with Gasteiger partial charge >= 0.3 is 5.69 Å². The second kappa shape index (κ2) is 7.55. The molecule has 21 heavy (non-hydrogen) atoms. The van der Waals surface area contributed by atoms with E-state index in [1.54, 1.807) is 14.0 Å². The van der Waals surface area contributed by atoms with Gasteiger partial charge in [0.2, 0.25) is 0 Å². The van der Waals surface area contributed by atoms with Crippen molar-refractivity contribution in [3.05, 3.63) is 34.1 Å². The lowest BCUT2D eigenvalue weighted by atomic mass is 9.97. The first-order valence-corrected chi connectivity index (χ1v) is 6.59. The lowest BCUT2D eigenvalue weighted by Gasteiger charge is -2.20. The molecule has 1 atom stereocenters. The number of rotatable bonds is 8. The van der Waals surface area contributed by atoms with Gasteiger partial charge in [0, 0.05) is 0 Å². The number of hydrogen-bond donors (Lipinski definition) is 1. The molecule has 114 valence electrons. The Labute approximate surface area is 122 Å². The van der Waals surface area contributed by atoms with Gasteiger partial charge in [0.15, 0.2) is 5.75 Å². The van der Waals surface area contributed by atoms with E-state index in [1.807, 2.05) is 0 Å². The van der Waals surface area contributed by atoms with Crippen molar-refractivity contribution >= 4 is 5.69 Å². The van der Waals surface area contributed by atoms with E-state index in [2.05, 4.69) is 11.4 Å². The van der Waals surface area contributed by atoms with Crippen LogP contribution < -0.4 is 10.1 Å². The van der Waals surface area contributed by atoms with Gasteiger partial charge < -0.3 is 10.1 Å². The topological polar surface area (TPSA) is 88.2 Å². The molecule has 0 aliphatic carbocycles. The van der Waals surface area contributed by atoms with E-state index in [-0.39, 0.29) is 18.0 Å². The molecule has 1 aromatic carbocycles. The number of nitro benzene ring substituents is 1. The minimum absolute atomic E-state index is 0.0538. The van der Waals surface area contributed by atoms with Gasteiger partial charge in [0.05, 0.1) is 23.7 Å². The summed E-state index contributed by atoms with van der Waals surface area (Å²) in [5.41, 5.74) is -0.964. The Bertz CT molecular complexity index is 545. The SMILES string of the molecule is CNC(C)(C#N)CCCCOc1ccc(F)cc1[N+](=O)[O-]. The molecule has 0 aliphatic rings. The first-order valence-electron chi connectivity index (χ1n) is 6.59. The van der Waals surface area contributed by atoms with E-state index in [4.69, 9.17) is 10.00 Å². The van der Waals surface area contributed by atoms with E-state index in [0.717, 1.165) is 18.6 Å². The number of unbranched alkanes of at least 4 members (excludes halogenated alkanes) is 1. The predicted molar refractivity (Wildman–Crippen MR) is 75.5 cm³/mol. The first kappa shape index (κ1) is 16.9. The van der Waals surface area contributed by atoms with Gasteiger partial charge in [-0.25, -0.2) is 4.39 Å². The molecule has 7 heteroatoms. The average molecular weight is 295 g/mol. The standard InChI is InChI=1S/C14H18FN3O3/c1-14(10-16,17-2)7-3-4-8-21-13-6-5-11(15)9-12(13)18(19)20/h5-6,9,17H,3-4,7-8H2,1-2H3. The molecule has 1 rings (SSSR count). The fourth-order valence-corrected chi connectivity index (χ4v) is 1.75. The number of nitro groups is 1. The summed E-state index contributed by atoms with van der Waals surface area (Å²) in [6.07, 6.45) is 2.03. The lowest BCUT2D eigenvalue weighted by molar-refractivity contribution is -0.386. The van der Waals surface area contributed by atoms with Crippen LogP contribution in [-0.2, 0) is 0 Å². The smallest absolute Gasteiger partial charge is 0.313 e. The molecule has 0 fully saturated rings. The normalized spacial score (nSPS) is 13.2. The van der Waals surface area contributed by atoms with Gasteiger partial charge in [-0.2, -0.15) is 5.26 Å². The van der Waals surface area contributed by atoms with E-state index in [0.29, 0.717) is 12.8 Å². The second-order valence-electron chi connectivity index (χ2n) is 4.87. The Morgan fingerprint density at radius 2 is 2.24 bits per heavy atom. The number of hydrogen-bond acceptors (Lipinski definition) is 5. The van der Waals surface area contributed by atoms with Crippen molar-refractivity contribution < 1.29 is 14.1 Å². The van der Waals surface area contributed by atoms with Crippen molar-refractivity contribution in [3.63, 3.8) is 0 Å². The highest BCUT2D eigenvalue weighted by Gasteiger charge is 2.20. The molecular formula is C14H18FN3O3. The van der Waals surface area contributed by atoms with Crippen LogP contribution in [0, 0.1) is 27.3 Å². The number of benzene rings is 1. The minimum Gasteiger partial charge on any atom is -0.487 e. The first-order chi connectivity index (χ1) is 9.91. The fraction of sp³-hybridized carbons (Fsp3) is 0.500. The number of halogens is 1. The Hall–Kier alpha value is -2.20. The third-order valence-electron chi connectivity index (χ3n) is 3.24. The highest BCUT2D eigenvalue weighted by Crippen LogP contribution is 2.27. The number of ether oxygens (including phenoxy) is 1. The summed E-state index contributed by atoms with van der Waals surface area (Å²) in [5, 5.41) is 22.7. The third kappa shape index (κ3) is 5.00. The fourth-order valence-electron chi connectivity index (χ4n) is 1.75. The summed E-state index contributed by atoms with van der Waals surface area (Å²) in [6, 6.07) is 5.39.